The van der Waals surface area contributed by atoms with Crippen molar-refractivity contribution in [3.63, 3.8) is 0 Å². The number of anilines is 1. The van der Waals surface area contributed by atoms with Gasteiger partial charge in [0.05, 0.1) is 10.4 Å². The number of amides is 1. The third-order valence-corrected chi connectivity index (χ3v) is 5.87. The monoisotopic (exact) mass is 332 g/mol. The summed E-state index contributed by atoms with van der Waals surface area (Å²) < 4.78 is 13.3. The molecule has 120 valence electrons. The highest BCUT2D eigenvalue weighted by Crippen LogP contribution is 2.46. The molecular formula is C16H17FN4OS. The normalized spacial score (nSPS) is 25.8. The number of carbonyl (C=O) groups excluding carboxylic acids is 1. The summed E-state index contributed by atoms with van der Waals surface area (Å²) in [4.78, 5) is 24.0. The Kier molecular flexibility index (Phi) is 3.33. The van der Waals surface area contributed by atoms with Crippen LogP contribution in [0.15, 0.2) is 24.5 Å². The molecule has 1 saturated heterocycles. The van der Waals surface area contributed by atoms with Crippen LogP contribution in [0.3, 0.4) is 0 Å². The molecule has 0 radical (unpaired) electrons. The van der Waals surface area contributed by atoms with E-state index in [1.165, 1.54) is 23.7 Å². The van der Waals surface area contributed by atoms with Gasteiger partial charge in [-0.25, -0.2) is 9.97 Å². The van der Waals surface area contributed by atoms with Crippen molar-refractivity contribution in [2.75, 3.05) is 18.4 Å². The molecular weight excluding hydrogens is 315 g/mol. The van der Waals surface area contributed by atoms with Crippen molar-refractivity contribution in [2.45, 2.75) is 25.3 Å². The number of nitrogens with one attached hydrogen (secondary N) is 1. The number of halogens is 1. The van der Waals surface area contributed by atoms with Crippen molar-refractivity contribution in [3.05, 3.63) is 40.2 Å². The second-order valence-corrected chi connectivity index (χ2v) is 7.63. The number of aromatic nitrogens is 2. The van der Waals surface area contributed by atoms with Gasteiger partial charge in [-0.15, -0.1) is 11.3 Å². The van der Waals surface area contributed by atoms with Crippen LogP contribution in [0.1, 0.15) is 27.4 Å². The molecule has 5 nitrogen and oxygen atoms in total. The van der Waals surface area contributed by atoms with Crippen LogP contribution in [-0.2, 0) is 0 Å². The standard InChI is InChI=1S/C16H17FN4OS/c1-10-2-3-12(23-10)15(22)21-7-11-4-5-16(11,8-21)20-14-6-13(17)18-9-19-14/h2-3,6,9,11H,4-5,7-8H2,1H3,(H,18,19,20). The molecule has 7 heteroatoms. The highest BCUT2D eigenvalue weighted by atomic mass is 32.1. The van der Waals surface area contributed by atoms with Gasteiger partial charge in [-0.05, 0) is 31.9 Å². The zero-order chi connectivity index (χ0) is 16.0. The van der Waals surface area contributed by atoms with Gasteiger partial charge in [0.25, 0.3) is 5.91 Å². The molecule has 1 aliphatic carbocycles. The first-order chi connectivity index (χ1) is 11.1. The fraction of sp³-hybridized carbons (Fsp3) is 0.438. The molecule has 2 unspecified atom stereocenters. The molecule has 0 aromatic carbocycles. The molecule has 3 heterocycles. The van der Waals surface area contributed by atoms with Gasteiger partial charge in [0, 0.05) is 30.0 Å². The summed E-state index contributed by atoms with van der Waals surface area (Å²) in [5.41, 5.74) is -0.178. The van der Waals surface area contributed by atoms with E-state index >= 15 is 0 Å². The smallest absolute Gasteiger partial charge is 0.264 e. The summed E-state index contributed by atoms with van der Waals surface area (Å²) in [6.07, 6.45) is 3.26. The molecule has 1 N–H and O–H groups in total. The van der Waals surface area contributed by atoms with Crippen molar-refractivity contribution in [1.82, 2.24) is 14.9 Å². The van der Waals surface area contributed by atoms with Gasteiger partial charge in [0.1, 0.15) is 12.1 Å². The summed E-state index contributed by atoms with van der Waals surface area (Å²) >= 11 is 1.53. The molecule has 1 saturated carbocycles. The molecule has 2 aromatic rings. The number of carbonyl (C=O) groups is 1. The van der Waals surface area contributed by atoms with E-state index in [0.717, 1.165) is 29.1 Å². The Morgan fingerprint density at radius 2 is 2.35 bits per heavy atom. The molecule has 0 spiro atoms. The van der Waals surface area contributed by atoms with Gasteiger partial charge in [-0.2, -0.15) is 4.39 Å². The van der Waals surface area contributed by atoms with Crippen LogP contribution in [0, 0.1) is 18.8 Å². The highest BCUT2D eigenvalue weighted by molar-refractivity contribution is 7.13. The van der Waals surface area contributed by atoms with Crippen LogP contribution in [0.4, 0.5) is 10.2 Å². The summed E-state index contributed by atoms with van der Waals surface area (Å²) in [7, 11) is 0. The highest BCUT2D eigenvalue weighted by Gasteiger charge is 2.54. The zero-order valence-corrected chi connectivity index (χ0v) is 13.6. The predicted molar refractivity (Wildman–Crippen MR) is 86.0 cm³/mol. The fourth-order valence-electron chi connectivity index (χ4n) is 3.56. The average Bonchev–Trinajstić information content (AvgIpc) is 3.04. The number of likely N-dealkylation sites (tertiary alicyclic amines) is 1. The zero-order valence-electron chi connectivity index (χ0n) is 12.8. The van der Waals surface area contributed by atoms with E-state index in [2.05, 4.69) is 15.3 Å². The van der Waals surface area contributed by atoms with Crippen LogP contribution in [0.25, 0.3) is 0 Å². The summed E-state index contributed by atoms with van der Waals surface area (Å²) in [6.45, 7) is 3.39. The van der Waals surface area contributed by atoms with Crippen LogP contribution in [0.5, 0.6) is 0 Å². The second-order valence-electron chi connectivity index (χ2n) is 6.34. The van der Waals surface area contributed by atoms with Crippen LogP contribution in [-0.4, -0.2) is 39.4 Å². The minimum atomic E-state index is -0.547. The molecule has 23 heavy (non-hydrogen) atoms. The van der Waals surface area contributed by atoms with Crippen LogP contribution < -0.4 is 5.32 Å². The number of hydrogen-bond acceptors (Lipinski definition) is 5. The lowest BCUT2D eigenvalue weighted by molar-refractivity contribution is 0.0791. The average molecular weight is 332 g/mol. The number of aryl methyl sites for hydroxylation is 1. The van der Waals surface area contributed by atoms with Crippen molar-refractivity contribution in [3.8, 4) is 0 Å². The number of thiophene rings is 1. The summed E-state index contributed by atoms with van der Waals surface area (Å²) in [5.74, 6) is 0.427. The van der Waals surface area contributed by atoms with E-state index in [4.69, 9.17) is 0 Å². The Morgan fingerprint density at radius 1 is 1.48 bits per heavy atom. The Balaban J connectivity index is 1.52. The molecule has 2 atom stereocenters. The Labute approximate surface area is 137 Å². The van der Waals surface area contributed by atoms with E-state index < -0.39 is 5.95 Å². The van der Waals surface area contributed by atoms with Gasteiger partial charge in [0.2, 0.25) is 5.95 Å². The molecule has 4 rings (SSSR count). The van der Waals surface area contributed by atoms with Crippen LogP contribution >= 0.6 is 11.3 Å². The maximum Gasteiger partial charge on any atom is 0.264 e. The fourth-order valence-corrected chi connectivity index (χ4v) is 4.40. The predicted octanol–water partition coefficient (Wildman–Crippen LogP) is 2.70. The number of hydrogen-bond donors (Lipinski definition) is 1. The summed E-state index contributed by atoms with van der Waals surface area (Å²) in [5, 5.41) is 3.35. The Morgan fingerprint density at radius 3 is 3.00 bits per heavy atom. The number of rotatable bonds is 3. The maximum atomic E-state index is 13.3. The van der Waals surface area contributed by atoms with E-state index in [9.17, 15) is 9.18 Å². The Bertz CT molecular complexity index is 764. The van der Waals surface area contributed by atoms with E-state index in [1.807, 2.05) is 24.0 Å². The minimum Gasteiger partial charge on any atom is -0.362 e. The molecule has 0 bridgehead atoms. The molecule has 1 amide bonds. The van der Waals surface area contributed by atoms with Gasteiger partial charge in [0.15, 0.2) is 0 Å². The third kappa shape index (κ3) is 2.49. The number of fused-ring (bicyclic) bond motifs is 1. The van der Waals surface area contributed by atoms with Gasteiger partial charge >= 0.3 is 0 Å². The first-order valence-corrected chi connectivity index (χ1v) is 8.49. The van der Waals surface area contributed by atoms with E-state index in [0.29, 0.717) is 18.3 Å². The largest absolute Gasteiger partial charge is 0.362 e. The van der Waals surface area contributed by atoms with Crippen molar-refractivity contribution >= 4 is 23.1 Å². The number of nitrogens with zero attached hydrogens (tertiary/aromatic N) is 3. The lowest BCUT2D eigenvalue weighted by Crippen LogP contribution is -2.53. The third-order valence-electron chi connectivity index (χ3n) is 4.88. The first-order valence-electron chi connectivity index (χ1n) is 7.67. The lowest BCUT2D eigenvalue weighted by Gasteiger charge is -2.44. The van der Waals surface area contributed by atoms with Gasteiger partial charge < -0.3 is 10.2 Å². The summed E-state index contributed by atoms with van der Waals surface area (Å²) in [6, 6.07) is 5.17. The molecule has 2 fully saturated rings. The van der Waals surface area contributed by atoms with Crippen molar-refractivity contribution in [1.29, 1.82) is 0 Å². The van der Waals surface area contributed by atoms with Crippen LogP contribution in [0.2, 0.25) is 0 Å². The minimum absolute atomic E-state index is 0.0903. The SMILES string of the molecule is Cc1ccc(C(=O)N2CC3CCC3(Nc3cc(F)ncn3)C2)s1. The maximum absolute atomic E-state index is 13.3. The van der Waals surface area contributed by atoms with E-state index in [-0.39, 0.29) is 11.4 Å². The van der Waals surface area contributed by atoms with E-state index in [1.54, 1.807) is 0 Å². The Hall–Kier alpha value is -2.02. The van der Waals surface area contributed by atoms with Gasteiger partial charge in [-0.1, -0.05) is 0 Å². The molecule has 2 aliphatic rings. The first kappa shape index (κ1) is 14.6. The lowest BCUT2D eigenvalue weighted by atomic mass is 9.69. The quantitative estimate of drug-likeness (QED) is 0.878. The molecule has 2 aromatic heterocycles. The van der Waals surface area contributed by atoms with Crippen molar-refractivity contribution < 1.29 is 9.18 Å². The molecule has 1 aliphatic heterocycles. The second kappa shape index (κ2) is 5.26. The van der Waals surface area contributed by atoms with Gasteiger partial charge in [-0.3, -0.25) is 4.79 Å². The topological polar surface area (TPSA) is 58.1 Å². The van der Waals surface area contributed by atoms with Crippen molar-refractivity contribution in [2.24, 2.45) is 5.92 Å².